The number of halogens is 2. The Balaban J connectivity index is 2.07. The number of rotatable bonds is 10. The van der Waals surface area contributed by atoms with Crippen molar-refractivity contribution in [2.75, 3.05) is 33.5 Å². The SMILES string of the molecule is COCCOCCOc1cc(Oc2ccc(Cl)cc2Cl)ccc1[N+](=O)[O-]. The monoisotopic (exact) mass is 401 g/mol. The van der Waals surface area contributed by atoms with Crippen molar-refractivity contribution >= 4 is 28.9 Å². The molecule has 0 aliphatic heterocycles. The summed E-state index contributed by atoms with van der Waals surface area (Å²) in [5, 5.41) is 12.0. The highest BCUT2D eigenvalue weighted by molar-refractivity contribution is 6.35. The van der Waals surface area contributed by atoms with Gasteiger partial charge in [0.25, 0.3) is 0 Å². The fraction of sp³-hybridized carbons (Fsp3) is 0.294. The molecule has 140 valence electrons. The maximum Gasteiger partial charge on any atom is 0.311 e. The van der Waals surface area contributed by atoms with Crippen LogP contribution in [0.5, 0.6) is 17.2 Å². The molecule has 0 saturated heterocycles. The number of hydrogen-bond donors (Lipinski definition) is 0. The molecule has 2 rings (SSSR count). The van der Waals surface area contributed by atoms with E-state index < -0.39 is 4.92 Å². The number of methoxy groups -OCH3 is 1. The van der Waals surface area contributed by atoms with Crippen LogP contribution in [0, 0.1) is 10.1 Å². The first-order valence-electron chi connectivity index (χ1n) is 7.62. The summed E-state index contributed by atoms with van der Waals surface area (Å²) in [6, 6.07) is 8.97. The minimum absolute atomic E-state index is 0.0768. The van der Waals surface area contributed by atoms with Crippen LogP contribution >= 0.6 is 23.2 Å². The number of benzene rings is 2. The van der Waals surface area contributed by atoms with Crippen molar-refractivity contribution in [3.63, 3.8) is 0 Å². The number of hydrogen-bond acceptors (Lipinski definition) is 6. The van der Waals surface area contributed by atoms with E-state index in [1.54, 1.807) is 25.3 Å². The van der Waals surface area contributed by atoms with Gasteiger partial charge < -0.3 is 18.9 Å². The van der Waals surface area contributed by atoms with Gasteiger partial charge in [0.15, 0.2) is 0 Å². The van der Waals surface area contributed by atoms with Crippen LogP contribution in [0.25, 0.3) is 0 Å². The van der Waals surface area contributed by atoms with Crippen LogP contribution in [0.1, 0.15) is 0 Å². The molecule has 0 bridgehead atoms. The Morgan fingerprint density at radius 3 is 2.46 bits per heavy atom. The summed E-state index contributed by atoms with van der Waals surface area (Å²) < 4.78 is 21.2. The zero-order chi connectivity index (χ0) is 18.9. The van der Waals surface area contributed by atoms with E-state index in [2.05, 4.69) is 0 Å². The van der Waals surface area contributed by atoms with Gasteiger partial charge in [-0.3, -0.25) is 10.1 Å². The van der Waals surface area contributed by atoms with Crippen molar-refractivity contribution in [3.05, 3.63) is 56.6 Å². The normalized spacial score (nSPS) is 10.6. The van der Waals surface area contributed by atoms with Crippen molar-refractivity contribution < 1.29 is 23.9 Å². The summed E-state index contributed by atoms with van der Waals surface area (Å²) in [6.45, 7) is 1.30. The average Bonchev–Trinajstić information content (AvgIpc) is 2.60. The van der Waals surface area contributed by atoms with Crippen molar-refractivity contribution in [2.24, 2.45) is 0 Å². The molecule has 2 aromatic carbocycles. The first-order chi connectivity index (χ1) is 12.5. The molecule has 0 fully saturated rings. The molecule has 26 heavy (non-hydrogen) atoms. The van der Waals surface area contributed by atoms with Gasteiger partial charge in [0.05, 0.1) is 29.8 Å². The maximum absolute atomic E-state index is 11.2. The van der Waals surface area contributed by atoms with E-state index in [-0.39, 0.29) is 24.7 Å². The summed E-state index contributed by atoms with van der Waals surface area (Å²) in [6.07, 6.45) is 0. The van der Waals surface area contributed by atoms with Gasteiger partial charge >= 0.3 is 5.69 Å². The molecule has 0 aliphatic carbocycles. The Kier molecular flexibility index (Phi) is 7.93. The Bertz CT molecular complexity index is 756. The Labute approximate surface area is 160 Å². The summed E-state index contributed by atoms with van der Waals surface area (Å²) in [5.41, 5.74) is -0.170. The lowest BCUT2D eigenvalue weighted by Gasteiger charge is -2.11. The number of nitro groups is 1. The predicted octanol–water partition coefficient (Wildman–Crippen LogP) is 4.74. The Hall–Kier alpha value is -2.06. The standard InChI is InChI=1S/C17H17Cl2NO6/c1-23-6-7-24-8-9-25-17-11-13(3-4-15(17)20(21)22)26-16-5-2-12(18)10-14(16)19/h2-5,10-11H,6-9H2,1H3. The molecular formula is C17H17Cl2NO6. The fourth-order valence-corrected chi connectivity index (χ4v) is 2.41. The van der Waals surface area contributed by atoms with Crippen LogP contribution in [-0.4, -0.2) is 38.5 Å². The Morgan fingerprint density at radius 2 is 1.77 bits per heavy atom. The molecule has 0 aliphatic rings. The van der Waals surface area contributed by atoms with Crippen molar-refractivity contribution in [1.82, 2.24) is 0 Å². The highest BCUT2D eigenvalue weighted by atomic mass is 35.5. The molecule has 0 saturated carbocycles. The van der Waals surface area contributed by atoms with Crippen molar-refractivity contribution in [3.8, 4) is 17.2 Å². The van der Waals surface area contributed by atoms with E-state index in [0.717, 1.165) is 0 Å². The number of ether oxygens (including phenoxy) is 4. The van der Waals surface area contributed by atoms with E-state index >= 15 is 0 Å². The molecule has 7 nitrogen and oxygen atoms in total. The molecule has 0 aromatic heterocycles. The van der Waals surface area contributed by atoms with Crippen LogP contribution < -0.4 is 9.47 Å². The molecular weight excluding hydrogens is 385 g/mol. The lowest BCUT2D eigenvalue weighted by atomic mass is 10.2. The van der Waals surface area contributed by atoms with Crippen LogP contribution in [0.3, 0.4) is 0 Å². The third-order valence-electron chi connectivity index (χ3n) is 3.17. The van der Waals surface area contributed by atoms with Gasteiger partial charge in [0.2, 0.25) is 5.75 Å². The second-order valence-electron chi connectivity index (χ2n) is 5.02. The second kappa shape index (κ2) is 10.2. The maximum atomic E-state index is 11.2. The van der Waals surface area contributed by atoms with Crippen LogP contribution in [0.2, 0.25) is 10.0 Å². The third-order valence-corrected chi connectivity index (χ3v) is 3.70. The zero-order valence-electron chi connectivity index (χ0n) is 13.9. The molecule has 0 spiro atoms. The smallest absolute Gasteiger partial charge is 0.311 e. The van der Waals surface area contributed by atoms with Gasteiger partial charge in [-0.05, 0) is 24.3 Å². The third kappa shape index (κ3) is 6.03. The molecule has 2 aromatic rings. The summed E-state index contributed by atoms with van der Waals surface area (Å²) in [7, 11) is 1.57. The minimum atomic E-state index is -0.528. The predicted molar refractivity (Wildman–Crippen MR) is 97.8 cm³/mol. The zero-order valence-corrected chi connectivity index (χ0v) is 15.5. The first kappa shape index (κ1) is 20.3. The quantitative estimate of drug-likeness (QED) is 0.325. The van der Waals surface area contributed by atoms with E-state index in [0.29, 0.717) is 34.8 Å². The molecule has 9 heteroatoms. The first-order valence-corrected chi connectivity index (χ1v) is 8.37. The van der Waals surface area contributed by atoms with E-state index in [4.69, 9.17) is 42.1 Å². The van der Waals surface area contributed by atoms with Gasteiger partial charge in [0, 0.05) is 24.3 Å². The second-order valence-corrected chi connectivity index (χ2v) is 5.86. The summed E-state index contributed by atoms with van der Waals surface area (Å²) in [5.74, 6) is 0.793. The van der Waals surface area contributed by atoms with Crippen LogP contribution in [-0.2, 0) is 9.47 Å². The molecule has 0 unspecified atom stereocenters. The Morgan fingerprint density at radius 1 is 1.00 bits per heavy atom. The van der Waals surface area contributed by atoms with Crippen LogP contribution in [0.4, 0.5) is 5.69 Å². The summed E-state index contributed by atoms with van der Waals surface area (Å²) >= 11 is 11.9. The van der Waals surface area contributed by atoms with E-state index in [9.17, 15) is 10.1 Å². The number of nitro benzene ring substituents is 1. The molecule has 0 radical (unpaired) electrons. The lowest BCUT2D eigenvalue weighted by Crippen LogP contribution is -2.10. The highest BCUT2D eigenvalue weighted by Gasteiger charge is 2.17. The van der Waals surface area contributed by atoms with Crippen molar-refractivity contribution in [1.29, 1.82) is 0 Å². The topological polar surface area (TPSA) is 80.1 Å². The highest BCUT2D eigenvalue weighted by Crippen LogP contribution is 2.36. The lowest BCUT2D eigenvalue weighted by molar-refractivity contribution is -0.385. The van der Waals surface area contributed by atoms with E-state index in [1.165, 1.54) is 18.2 Å². The van der Waals surface area contributed by atoms with Gasteiger partial charge in [-0.15, -0.1) is 0 Å². The molecule has 0 amide bonds. The molecule has 0 N–H and O–H groups in total. The van der Waals surface area contributed by atoms with Gasteiger partial charge in [-0.1, -0.05) is 23.2 Å². The fourth-order valence-electron chi connectivity index (χ4n) is 1.96. The van der Waals surface area contributed by atoms with E-state index in [1.807, 2.05) is 0 Å². The number of nitrogens with zero attached hydrogens (tertiary/aromatic N) is 1. The molecule has 0 atom stereocenters. The van der Waals surface area contributed by atoms with Gasteiger partial charge in [-0.2, -0.15) is 0 Å². The summed E-state index contributed by atoms with van der Waals surface area (Å²) in [4.78, 5) is 10.6. The average molecular weight is 402 g/mol. The van der Waals surface area contributed by atoms with Gasteiger partial charge in [0.1, 0.15) is 18.1 Å². The van der Waals surface area contributed by atoms with Crippen molar-refractivity contribution in [2.45, 2.75) is 0 Å². The van der Waals surface area contributed by atoms with Crippen LogP contribution in [0.15, 0.2) is 36.4 Å². The molecule has 0 heterocycles. The minimum Gasteiger partial charge on any atom is -0.484 e. The largest absolute Gasteiger partial charge is 0.484 e. The van der Waals surface area contributed by atoms with Gasteiger partial charge in [-0.25, -0.2) is 0 Å².